The van der Waals surface area contributed by atoms with Crippen molar-refractivity contribution in [1.82, 2.24) is 4.98 Å². The zero-order valence-electron chi connectivity index (χ0n) is 11.3. The molecule has 0 N–H and O–H groups in total. The molecule has 0 amide bonds. The number of hydrogen-bond donors (Lipinski definition) is 0. The second-order valence-electron chi connectivity index (χ2n) is 4.62. The smallest absolute Gasteiger partial charge is 0.243 e. The van der Waals surface area contributed by atoms with Crippen molar-refractivity contribution in [1.29, 1.82) is 5.26 Å². The van der Waals surface area contributed by atoms with E-state index in [-0.39, 0.29) is 12.0 Å². The molecule has 0 aliphatic carbocycles. The van der Waals surface area contributed by atoms with Crippen LogP contribution in [0.4, 0.5) is 26.3 Å². The number of rotatable bonds is 2. The maximum Gasteiger partial charge on any atom is 0.433 e. The van der Waals surface area contributed by atoms with Gasteiger partial charge in [-0.2, -0.15) is 31.6 Å². The van der Waals surface area contributed by atoms with Crippen molar-refractivity contribution in [3.8, 4) is 17.3 Å². The van der Waals surface area contributed by atoms with E-state index >= 15 is 0 Å². The standard InChI is InChI=1S/C15H8F6N2/c16-14(17,18)11-4-2-1-3-10(11)12-7-9(5-6-22)8-13(23-12)15(19,20)21/h1-4,7-8H,5H2. The van der Waals surface area contributed by atoms with Crippen LogP contribution in [0.2, 0.25) is 0 Å². The first kappa shape index (κ1) is 16.8. The van der Waals surface area contributed by atoms with Gasteiger partial charge < -0.3 is 0 Å². The van der Waals surface area contributed by atoms with Gasteiger partial charge in [0.25, 0.3) is 0 Å². The number of nitriles is 1. The van der Waals surface area contributed by atoms with Gasteiger partial charge in [0.15, 0.2) is 0 Å². The summed E-state index contributed by atoms with van der Waals surface area (Å²) >= 11 is 0. The highest BCUT2D eigenvalue weighted by Gasteiger charge is 2.36. The lowest BCUT2D eigenvalue weighted by molar-refractivity contribution is -0.141. The highest BCUT2D eigenvalue weighted by Crippen LogP contribution is 2.38. The maximum absolute atomic E-state index is 13.0. The van der Waals surface area contributed by atoms with Crippen molar-refractivity contribution in [2.75, 3.05) is 0 Å². The minimum absolute atomic E-state index is 0.0539. The molecule has 0 aliphatic rings. The molecule has 0 spiro atoms. The van der Waals surface area contributed by atoms with Crippen LogP contribution in [0.3, 0.4) is 0 Å². The second-order valence-corrected chi connectivity index (χ2v) is 4.62. The van der Waals surface area contributed by atoms with Gasteiger partial charge in [-0.05, 0) is 23.8 Å². The van der Waals surface area contributed by atoms with E-state index in [2.05, 4.69) is 4.98 Å². The van der Waals surface area contributed by atoms with Gasteiger partial charge in [-0.1, -0.05) is 18.2 Å². The normalized spacial score (nSPS) is 12.0. The van der Waals surface area contributed by atoms with E-state index in [1.807, 2.05) is 0 Å². The number of nitrogens with zero attached hydrogens (tertiary/aromatic N) is 2. The van der Waals surface area contributed by atoms with Crippen LogP contribution in [-0.2, 0) is 18.8 Å². The fourth-order valence-electron chi connectivity index (χ4n) is 2.02. The van der Waals surface area contributed by atoms with Crippen LogP contribution in [0, 0.1) is 11.3 Å². The first-order chi connectivity index (χ1) is 10.6. The van der Waals surface area contributed by atoms with Gasteiger partial charge in [-0.3, -0.25) is 0 Å². The lowest BCUT2D eigenvalue weighted by Gasteiger charge is -2.14. The summed E-state index contributed by atoms with van der Waals surface area (Å²) in [6.07, 6.45) is -9.93. The van der Waals surface area contributed by atoms with E-state index in [1.165, 1.54) is 6.07 Å². The Morgan fingerprint density at radius 3 is 2.17 bits per heavy atom. The summed E-state index contributed by atoms with van der Waals surface area (Å²) in [6.45, 7) is 0. The predicted octanol–water partition coefficient (Wildman–Crippen LogP) is 4.85. The van der Waals surface area contributed by atoms with Crippen LogP contribution < -0.4 is 0 Å². The van der Waals surface area contributed by atoms with Crippen LogP contribution in [0.15, 0.2) is 36.4 Å². The zero-order chi connectivity index (χ0) is 17.3. The van der Waals surface area contributed by atoms with Gasteiger partial charge in [0, 0.05) is 5.56 Å². The molecule has 8 heteroatoms. The fourth-order valence-corrected chi connectivity index (χ4v) is 2.02. The molecule has 0 aliphatic heterocycles. The third-order valence-corrected chi connectivity index (χ3v) is 2.97. The lowest BCUT2D eigenvalue weighted by Crippen LogP contribution is -2.11. The van der Waals surface area contributed by atoms with Crippen molar-refractivity contribution in [2.24, 2.45) is 0 Å². The molecule has 2 aromatic rings. The van der Waals surface area contributed by atoms with Crippen LogP contribution in [0.5, 0.6) is 0 Å². The predicted molar refractivity (Wildman–Crippen MR) is 69.0 cm³/mol. The number of halogens is 6. The molecule has 2 rings (SSSR count). The molecule has 0 saturated carbocycles. The van der Waals surface area contributed by atoms with Gasteiger partial charge in [-0.25, -0.2) is 4.98 Å². The number of aromatic nitrogens is 1. The molecule has 0 fully saturated rings. The van der Waals surface area contributed by atoms with Crippen molar-refractivity contribution >= 4 is 0 Å². The van der Waals surface area contributed by atoms with Crippen LogP contribution in [0.1, 0.15) is 16.8 Å². The molecule has 0 saturated heterocycles. The number of pyridine rings is 1. The summed E-state index contributed by atoms with van der Waals surface area (Å²) < 4.78 is 77.7. The molecule has 0 atom stereocenters. The fraction of sp³-hybridized carbons (Fsp3) is 0.200. The number of hydrogen-bond acceptors (Lipinski definition) is 2. The highest BCUT2D eigenvalue weighted by molar-refractivity contribution is 5.65. The average molecular weight is 330 g/mol. The Balaban J connectivity index is 2.69. The van der Waals surface area contributed by atoms with Crippen molar-refractivity contribution in [3.05, 3.63) is 53.2 Å². The molecule has 120 valence electrons. The third-order valence-electron chi connectivity index (χ3n) is 2.97. The number of alkyl halides is 6. The Labute approximate surface area is 127 Å². The Hall–Kier alpha value is -2.56. The minimum Gasteiger partial charge on any atom is -0.243 e. The van der Waals surface area contributed by atoms with Crippen molar-refractivity contribution in [3.63, 3.8) is 0 Å². The Morgan fingerprint density at radius 2 is 1.61 bits per heavy atom. The summed E-state index contributed by atoms with van der Waals surface area (Å²) in [5.74, 6) is 0. The van der Waals surface area contributed by atoms with Crippen molar-refractivity contribution < 1.29 is 26.3 Å². The maximum atomic E-state index is 13.0. The van der Waals surface area contributed by atoms with Gasteiger partial charge in [-0.15, -0.1) is 0 Å². The molecule has 1 heterocycles. The number of benzene rings is 1. The monoisotopic (exact) mass is 330 g/mol. The quantitative estimate of drug-likeness (QED) is 0.738. The minimum atomic E-state index is -4.83. The summed E-state index contributed by atoms with van der Waals surface area (Å²) in [5, 5.41) is 8.63. The molecule has 0 unspecified atom stereocenters. The Kier molecular flexibility index (Phi) is 4.32. The summed E-state index contributed by atoms with van der Waals surface area (Å²) in [7, 11) is 0. The summed E-state index contributed by atoms with van der Waals surface area (Å²) in [5.41, 5.74) is -3.42. The molecule has 2 nitrogen and oxygen atoms in total. The van der Waals surface area contributed by atoms with E-state index in [0.717, 1.165) is 24.3 Å². The zero-order valence-corrected chi connectivity index (χ0v) is 11.3. The Bertz CT molecular complexity index is 756. The summed E-state index contributed by atoms with van der Waals surface area (Å²) in [6, 6.07) is 7.60. The van der Waals surface area contributed by atoms with Crippen molar-refractivity contribution in [2.45, 2.75) is 18.8 Å². The average Bonchev–Trinajstić information content (AvgIpc) is 2.45. The first-order valence-corrected chi connectivity index (χ1v) is 6.24. The molecule has 0 radical (unpaired) electrons. The molecular weight excluding hydrogens is 322 g/mol. The van der Waals surface area contributed by atoms with E-state index in [4.69, 9.17) is 5.26 Å². The highest BCUT2D eigenvalue weighted by atomic mass is 19.4. The van der Waals surface area contributed by atoms with Gasteiger partial charge >= 0.3 is 12.4 Å². The van der Waals surface area contributed by atoms with Crippen LogP contribution in [0.25, 0.3) is 11.3 Å². The molecule has 0 bridgehead atoms. The molecule has 1 aromatic heterocycles. The first-order valence-electron chi connectivity index (χ1n) is 6.24. The molecule has 23 heavy (non-hydrogen) atoms. The Morgan fingerprint density at radius 1 is 0.957 bits per heavy atom. The van der Waals surface area contributed by atoms with E-state index in [0.29, 0.717) is 6.07 Å². The molecular formula is C15H8F6N2. The second kappa shape index (κ2) is 5.91. The molecule has 1 aromatic carbocycles. The van der Waals surface area contributed by atoms with Crippen LogP contribution >= 0.6 is 0 Å². The van der Waals surface area contributed by atoms with Gasteiger partial charge in [0.2, 0.25) is 0 Å². The van der Waals surface area contributed by atoms with E-state index < -0.39 is 34.9 Å². The van der Waals surface area contributed by atoms with E-state index in [1.54, 1.807) is 6.07 Å². The SMILES string of the molecule is N#CCc1cc(-c2ccccc2C(F)(F)F)nc(C(F)(F)F)c1. The largest absolute Gasteiger partial charge is 0.433 e. The van der Waals surface area contributed by atoms with E-state index in [9.17, 15) is 26.3 Å². The third kappa shape index (κ3) is 3.80. The topological polar surface area (TPSA) is 36.7 Å². The van der Waals surface area contributed by atoms with Gasteiger partial charge in [0.1, 0.15) is 5.69 Å². The van der Waals surface area contributed by atoms with Crippen LogP contribution in [-0.4, -0.2) is 4.98 Å². The lowest BCUT2D eigenvalue weighted by atomic mass is 10.0. The van der Waals surface area contributed by atoms with Gasteiger partial charge in [0.05, 0.1) is 23.7 Å². The summed E-state index contributed by atoms with van der Waals surface area (Å²) in [4.78, 5) is 3.30.